The van der Waals surface area contributed by atoms with E-state index in [0.717, 1.165) is 16.7 Å². The zero-order valence-corrected chi connectivity index (χ0v) is 11.8. The second-order valence-corrected chi connectivity index (χ2v) is 5.06. The topological polar surface area (TPSA) is 71.7 Å². The second kappa shape index (κ2) is 5.96. The van der Waals surface area contributed by atoms with Crippen LogP contribution < -0.4 is 10.1 Å². The van der Waals surface area contributed by atoms with Crippen molar-refractivity contribution in [2.75, 3.05) is 7.11 Å². The van der Waals surface area contributed by atoms with Gasteiger partial charge in [-0.3, -0.25) is 10.1 Å². The standard InChI is InChI=1S/C15H19NO4/c1-9(2)14(15(17)18)16-8-12-7-10-6-11(19-3)4-5-13(10)20-12/h4-7,9,14,16H,8H2,1-3H3,(H,17,18)/t14-/m1/s1. The highest BCUT2D eigenvalue weighted by atomic mass is 16.5. The molecule has 1 heterocycles. The number of methoxy groups -OCH3 is 1. The van der Waals surface area contributed by atoms with Gasteiger partial charge < -0.3 is 14.3 Å². The predicted octanol–water partition coefficient (Wildman–Crippen LogP) is 2.64. The Bertz CT molecular complexity index is 603. The van der Waals surface area contributed by atoms with Crippen molar-refractivity contribution in [3.05, 3.63) is 30.0 Å². The van der Waals surface area contributed by atoms with Gasteiger partial charge in [0.25, 0.3) is 0 Å². The Morgan fingerprint density at radius 1 is 1.40 bits per heavy atom. The quantitative estimate of drug-likeness (QED) is 0.849. The average molecular weight is 277 g/mol. The van der Waals surface area contributed by atoms with Crippen LogP contribution in [0.15, 0.2) is 28.7 Å². The Kier molecular flexibility index (Phi) is 4.29. The maximum Gasteiger partial charge on any atom is 0.320 e. The lowest BCUT2D eigenvalue weighted by molar-refractivity contribution is -0.140. The van der Waals surface area contributed by atoms with Gasteiger partial charge in [0.05, 0.1) is 13.7 Å². The first kappa shape index (κ1) is 14.4. The van der Waals surface area contributed by atoms with Crippen molar-refractivity contribution in [3.8, 4) is 5.75 Å². The van der Waals surface area contributed by atoms with E-state index in [0.29, 0.717) is 12.3 Å². The van der Waals surface area contributed by atoms with Crippen LogP contribution in [-0.4, -0.2) is 24.2 Å². The third-order valence-corrected chi connectivity index (χ3v) is 3.20. The molecule has 0 aliphatic rings. The van der Waals surface area contributed by atoms with E-state index in [9.17, 15) is 4.79 Å². The molecular weight excluding hydrogens is 258 g/mol. The zero-order chi connectivity index (χ0) is 14.7. The van der Waals surface area contributed by atoms with E-state index in [-0.39, 0.29) is 5.92 Å². The molecule has 1 aromatic carbocycles. The Labute approximate surface area is 117 Å². The molecule has 0 saturated heterocycles. The number of hydrogen-bond donors (Lipinski definition) is 2. The number of ether oxygens (including phenoxy) is 1. The van der Waals surface area contributed by atoms with Crippen molar-refractivity contribution in [1.82, 2.24) is 5.32 Å². The van der Waals surface area contributed by atoms with Crippen molar-refractivity contribution < 1.29 is 19.1 Å². The molecule has 0 bridgehead atoms. The molecule has 5 heteroatoms. The number of carbonyl (C=O) groups is 1. The number of carboxylic acid groups (broad SMARTS) is 1. The van der Waals surface area contributed by atoms with Gasteiger partial charge in [-0.25, -0.2) is 0 Å². The molecule has 0 fully saturated rings. The summed E-state index contributed by atoms with van der Waals surface area (Å²) in [5.41, 5.74) is 0.763. The molecule has 2 aromatic rings. The second-order valence-electron chi connectivity index (χ2n) is 5.06. The van der Waals surface area contributed by atoms with Crippen LogP contribution in [0.4, 0.5) is 0 Å². The summed E-state index contributed by atoms with van der Waals surface area (Å²) in [6.45, 7) is 4.12. The molecule has 1 atom stereocenters. The van der Waals surface area contributed by atoms with E-state index in [1.165, 1.54) is 0 Å². The van der Waals surface area contributed by atoms with Gasteiger partial charge in [-0.15, -0.1) is 0 Å². The van der Waals surface area contributed by atoms with E-state index in [2.05, 4.69) is 5.32 Å². The lowest BCUT2D eigenvalue weighted by Crippen LogP contribution is -2.40. The summed E-state index contributed by atoms with van der Waals surface area (Å²) in [6.07, 6.45) is 0. The van der Waals surface area contributed by atoms with E-state index >= 15 is 0 Å². The van der Waals surface area contributed by atoms with Crippen molar-refractivity contribution in [1.29, 1.82) is 0 Å². The van der Waals surface area contributed by atoms with Gasteiger partial charge in [0, 0.05) is 5.39 Å². The summed E-state index contributed by atoms with van der Waals surface area (Å²) in [7, 11) is 1.61. The Morgan fingerprint density at radius 2 is 2.15 bits per heavy atom. The fourth-order valence-electron chi connectivity index (χ4n) is 2.11. The van der Waals surface area contributed by atoms with Gasteiger partial charge >= 0.3 is 5.97 Å². The monoisotopic (exact) mass is 277 g/mol. The highest BCUT2D eigenvalue weighted by Gasteiger charge is 2.21. The van der Waals surface area contributed by atoms with Crippen LogP contribution in [0.25, 0.3) is 11.0 Å². The first-order chi connectivity index (χ1) is 9.51. The van der Waals surface area contributed by atoms with Gasteiger partial charge in [0.2, 0.25) is 0 Å². The largest absolute Gasteiger partial charge is 0.497 e. The molecular formula is C15H19NO4. The highest BCUT2D eigenvalue weighted by Crippen LogP contribution is 2.24. The molecule has 0 radical (unpaired) electrons. The number of rotatable bonds is 6. The lowest BCUT2D eigenvalue weighted by atomic mass is 10.0. The zero-order valence-electron chi connectivity index (χ0n) is 11.8. The smallest absolute Gasteiger partial charge is 0.320 e. The number of furan rings is 1. The SMILES string of the molecule is COc1ccc2oc(CN[C@@H](C(=O)O)C(C)C)cc2c1. The molecule has 5 nitrogen and oxygen atoms in total. The van der Waals surface area contributed by atoms with Crippen LogP contribution in [-0.2, 0) is 11.3 Å². The number of carboxylic acids is 1. The van der Waals surface area contributed by atoms with Gasteiger partial charge in [-0.1, -0.05) is 13.8 Å². The summed E-state index contributed by atoms with van der Waals surface area (Å²) >= 11 is 0. The maximum absolute atomic E-state index is 11.1. The maximum atomic E-state index is 11.1. The van der Waals surface area contributed by atoms with Crippen LogP contribution in [0.5, 0.6) is 5.75 Å². The fourth-order valence-corrected chi connectivity index (χ4v) is 2.11. The first-order valence-electron chi connectivity index (χ1n) is 6.54. The predicted molar refractivity (Wildman–Crippen MR) is 75.9 cm³/mol. The summed E-state index contributed by atoms with van der Waals surface area (Å²) in [5, 5.41) is 13.1. The number of benzene rings is 1. The average Bonchev–Trinajstić information content (AvgIpc) is 2.79. The molecule has 108 valence electrons. The van der Waals surface area contributed by atoms with Crippen LogP contribution >= 0.6 is 0 Å². The molecule has 2 rings (SSSR count). The van der Waals surface area contributed by atoms with Crippen molar-refractivity contribution in [2.45, 2.75) is 26.4 Å². The number of fused-ring (bicyclic) bond motifs is 1. The van der Waals surface area contributed by atoms with Gasteiger partial charge in [-0.05, 0) is 30.2 Å². The van der Waals surface area contributed by atoms with E-state index < -0.39 is 12.0 Å². The van der Waals surface area contributed by atoms with Crippen molar-refractivity contribution in [2.24, 2.45) is 5.92 Å². The molecule has 2 N–H and O–H groups in total. The van der Waals surface area contributed by atoms with Crippen molar-refractivity contribution >= 4 is 16.9 Å². The third-order valence-electron chi connectivity index (χ3n) is 3.20. The Balaban J connectivity index is 2.12. The Hall–Kier alpha value is -2.01. The third kappa shape index (κ3) is 3.11. The first-order valence-corrected chi connectivity index (χ1v) is 6.54. The summed E-state index contributed by atoms with van der Waals surface area (Å²) in [5.74, 6) is 0.637. The normalized spacial score (nSPS) is 12.8. The molecule has 0 amide bonds. The van der Waals surface area contributed by atoms with Crippen LogP contribution in [0.2, 0.25) is 0 Å². The minimum absolute atomic E-state index is 0.0111. The van der Waals surface area contributed by atoms with Crippen molar-refractivity contribution in [3.63, 3.8) is 0 Å². The summed E-state index contributed by atoms with van der Waals surface area (Å²) < 4.78 is 10.8. The van der Waals surface area contributed by atoms with Gasteiger partial charge in [0.1, 0.15) is 23.1 Å². The molecule has 1 aromatic heterocycles. The van der Waals surface area contributed by atoms with E-state index in [1.54, 1.807) is 7.11 Å². The number of nitrogens with one attached hydrogen (secondary N) is 1. The van der Waals surface area contributed by atoms with E-state index in [1.807, 2.05) is 38.1 Å². The van der Waals surface area contributed by atoms with Crippen LogP contribution in [0.3, 0.4) is 0 Å². The van der Waals surface area contributed by atoms with Gasteiger partial charge in [-0.2, -0.15) is 0 Å². The Morgan fingerprint density at radius 3 is 2.75 bits per heavy atom. The summed E-state index contributed by atoms with van der Waals surface area (Å²) in [6, 6.07) is 6.87. The van der Waals surface area contributed by atoms with Crippen LogP contribution in [0.1, 0.15) is 19.6 Å². The number of aliphatic carboxylic acids is 1. The van der Waals surface area contributed by atoms with Gasteiger partial charge in [0.15, 0.2) is 0 Å². The molecule has 20 heavy (non-hydrogen) atoms. The lowest BCUT2D eigenvalue weighted by Gasteiger charge is -2.16. The fraction of sp³-hybridized carbons (Fsp3) is 0.400. The molecule has 0 spiro atoms. The molecule has 0 unspecified atom stereocenters. The molecule has 0 aliphatic carbocycles. The molecule has 0 saturated carbocycles. The van der Waals surface area contributed by atoms with E-state index in [4.69, 9.17) is 14.3 Å². The minimum Gasteiger partial charge on any atom is -0.497 e. The molecule has 0 aliphatic heterocycles. The van der Waals surface area contributed by atoms with Crippen LogP contribution in [0, 0.1) is 5.92 Å². The minimum atomic E-state index is -0.849. The summed E-state index contributed by atoms with van der Waals surface area (Å²) in [4.78, 5) is 11.1. The highest BCUT2D eigenvalue weighted by molar-refractivity contribution is 5.79. The number of hydrogen-bond acceptors (Lipinski definition) is 4.